The van der Waals surface area contributed by atoms with E-state index in [0.29, 0.717) is 11.1 Å². The van der Waals surface area contributed by atoms with Gasteiger partial charge in [-0.2, -0.15) is 0 Å². The van der Waals surface area contributed by atoms with E-state index >= 15 is 0 Å². The Kier molecular flexibility index (Phi) is 4.37. The number of aromatic nitrogens is 1. The second-order valence-electron chi connectivity index (χ2n) is 4.22. The van der Waals surface area contributed by atoms with Gasteiger partial charge in [-0.25, -0.2) is 22.5 Å². The van der Waals surface area contributed by atoms with Gasteiger partial charge in [-0.15, -0.1) is 0 Å². The van der Waals surface area contributed by atoms with Crippen LogP contribution in [-0.2, 0) is 16.6 Å². The molecule has 4 nitrogen and oxygen atoms in total. The second-order valence-corrected chi connectivity index (χ2v) is 6.38. The van der Waals surface area contributed by atoms with Crippen LogP contribution in [0, 0.1) is 12.7 Å². The van der Waals surface area contributed by atoms with Crippen LogP contribution >= 0.6 is 11.6 Å². The average molecular weight is 315 g/mol. The number of benzene rings is 1. The molecule has 1 heterocycles. The van der Waals surface area contributed by atoms with Crippen molar-refractivity contribution in [3.8, 4) is 0 Å². The summed E-state index contributed by atoms with van der Waals surface area (Å²) in [5.74, 6) is -0.366. The number of halogens is 2. The normalized spacial score (nSPS) is 11.6. The van der Waals surface area contributed by atoms with Gasteiger partial charge in [0, 0.05) is 12.7 Å². The Labute approximate surface area is 121 Å². The number of nitrogens with one attached hydrogen (secondary N) is 1. The highest BCUT2D eigenvalue weighted by molar-refractivity contribution is 7.89. The fourth-order valence-electron chi connectivity index (χ4n) is 1.53. The Balaban J connectivity index is 2.13. The summed E-state index contributed by atoms with van der Waals surface area (Å²) in [6, 6.07) is 7.32. The van der Waals surface area contributed by atoms with Crippen LogP contribution in [0.1, 0.15) is 11.1 Å². The van der Waals surface area contributed by atoms with Crippen molar-refractivity contribution in [2.75, 3.05) is 0 Å². The Bertz CT molecular complexity index is 718. The van der Waals surface area contributed by atoms with E-state index in [-0.39, 0.29) is 22.4 Å². The predicted molar refractivity (Wildman–Crippen MR) is 74.4 cm³/mol. The number of sulfonamides is 1. The highest BCUT2D eigenvalue weighted by Gasteiger charge is 2.14. The molecule has 0 bridgehead atoms. The lowest BCUT2D eigenvalue weighted by atomic mass is 10.1. The smallest absolute Gasteiger partial charge is 0.242 e. The maximum atomic E-state index is 13.4. The zero-order valence-electron chi connectivity index (χ0n) is 10.6. The van der Waals surface area contributed by atoms with E-state index in [1.165, 1.54) is 24.4 Å². The lowest BCUT2D eigenvalue weighted by Crippen LogP contribution is -2.23. The van der Waals surface area contributed by atoms with Crippen molar-refractivity contribution in [3.05, 3.63) is 58.6 Å². The van der Waals surface area contributed by atoms with E-state index in [2.05, 4.69) is 9.71 Å². The minimum absolute atomic E-state index is 0.00214. The molecule has 0 aliphatic rings. The van der Waals surface area contributed by atoms with Gasteiger partial charge in [-0.1, -0.05) is 23.7 Å². The van der Waals surface area contributed by atoms with Crippen LogP contribution in [0.25, 0.3) is 0 Å². The number of rotatable bonds is 4. The molecule has 0 aliphatic heterocycles. The molecular weight excluding hydrogens is 303 g/mol. The number of hydrogen-bond acceptors (Lipinski definition) is 3. The molecule has 1 aromatic heterocycles. The Morgan fingerprint density at radius 1 is 1.30 bits per heavy atom. The van der Waals surface area contributed by atoms with Crippen LogP contribution < -0.4 is 4.72 Å². The molecule has 0 spiro atoms. The molecule has 20 heavy (non-hydrogen) atoms. The van der Waals surface area contributed by atoms with Crippen molar-refractivity contribution < 1.29 is 12.8 Å². The number of aryl methyl sites for hydroxylation is 1. The lowest BCUT2D eigenvalue weighted by Gasteiger charge is -2.07. The fraction of sp³-hybridized carbons (Fsp3) is 0.154. The van der Waals surface area contributed by atoms with Gasteiger partial charge in [0.15, 0.2) is 0 Å². The Morgan fingerprint density at radius 3 is 2.65 bits per heavy atom. The molecule has 0 amide bonds. The maximum Gasteiger partial charge on any atom is 0.242 e. The van der Waals surface area contributed by atoms with Gasteiger partial charge in [0.2, 0.25) is 10.0 Å². The molecule has 0 fully saturated rings. The zero-order valence-corrected chi connectivity index (χ0v) is 12.2. The van der Waals surface area contributed by atoms with Crippen molar-refractivity contribution in [3.63, 3.8) is 0 Å². The number of pyridine rings is 1. The first-order valence-corrected chi connectivity index (χ1v) is 7.61. The zero-order chi connectivity index (χ0) is 14.8. The van der Waals surface area contributed by atoms with E-state index in [1.807, 2.05) is 0 Å². The molecule has 0 atom stereocenters. The van der Waals surface area contributed by atoms with Crippen LogP contribution in [0.5, 0.6) is 0 Å². The molecule has 106 valence electrons. The summed E-state index contributed by atoms with van der Waals surface area (Å²) in [5, 5.41) is 0.213. The standard InChI is InChI=1S/C13H12ClFN2O2S/c1-9-2-3-10(6-12(9)15)7-17-20(18,19)11-4-5-13(14)16-8-11/h2-6,8,17H,7H2,1H3. The summed E-state index contributed by atoms with van der Waals surface area (Å²) in [6.45, 7) is 1.64. The molecule has 1 aromatic carbocycles. The summed E-state index contributed by atoms with van der Waals surface area (Å²) in [6.07, 6.45) is 1.17. The van der Waals surface area contributed by atoms with Crippen molar-refractivity contribution in [1.82, 2.24) is 9.71 Å². The molecular formula is C13H12ClFN2O2S. The van der Waals surface area contributed by atoms with Gasteiger partial charge in [-0.05, 0) is 36.2 Å². The predicted octanol–water partition coefficient (Wildman–Crippen LogP) is 2.66. The fourth-order valence-corrected chi connectivity index (χ4v) is 2.60. The van der Waals surface area contributed by atoms with E-state index in [9.17, 15) is 12.8 Å². The van der Waals surface area contributed by atoms with E-state index in [4.69, 9.17) is 11.6 Å². The molecule has 0 saturated heterocycles. The summed E-state index contributed by atoms with van der Waals surface area (Å²) in [7, 11) is -3.69. The summed E-state index contributed by atoms with van der Waals surface area (Å²) in [5.41, 5.74) is 1.05. The summed E-state index contributed by atoms with van der Waals surface area (Å²) < 4.78 is 39.7. The number of nitrogens with zero attached hydrogens (tertiary/aromatic N) is 1. The third kappa shape index (κ3) is 3.53. The van der Waals surface area contributed by atoms with Crippen LogP contribution in [0.2, 0.25) is 5.15 Å². The Morgan fingerprint density at radius 2 is 2.05 bits per heavy atom. The highest BCUT2D eigenvalue weighted by Crippen LogP contribution is 2.13. The first kappa shape index (κ1) is 14.9. The van der Waals surface area contributed by atoms with Gasteiger partial charge in [0.25, 0.3) is 0 Å². The van der Waals surface area contributed by atoms with E-state index < -0.39 is 10.0 Å². The van der Waals surface area contributed by atoms with Crippen molar-refractivity contribution in [1.29, 1.82) is 0 Å². The summed E-state index contributed by atoms with van der Waals surface area (Å²) in [4.78, 5) is 3.72. The van der Waals surface area contributed by atoms with Gasteiger partial charge < -0.3 is 0 Å². The molecule has 1 N–H and O–H groups in total. The molecule has 0 saturated carbocycles. The van der Waals surface area contributed by atoms with E-state index in [0.717, 1.165) is 0 Å². The summed E-state index contributed by atoms with van der Waals surface area (Å²) >= 11 is 5.60. The van der Waals surface area contributed by atoms with Crippen LogP contribution in [-0.4, -0.2) is 13.4 Å². The molecule has 7 heteroatoms. The van der Waals surface area contributed by atoms with Crippen LogP contribution in [0.15, 0.2) is 41.4 Å². The minimum Gasteiger partial charge on any atom is -0.243 e. The monoisotopic (exact) mass is 314 g/mol. The van der Waals surface area contributed by atoms with Crippen LogP contribution in [0.4, 0.5) is 4.39 Å². The molecule has 0 aliphatic carbocycles. The van der Waals surface area contributed by atoms with Crippen molar-refractivity contribution in [2.45, 2.75) is 18.4 Å². The average Bonchev–Trinajstić information content (AvgIpc) is 2.41. The van der Waals surface area contributed by atoms with Gasteiger partial charge in [-0.3, -0.25) is 0 Å². The molecule has 2 aromatic rings. The first-order valence-electron chi connectivity index (χ1n) is 5.75. The number of hydrogen-bond donors (Lipinski definition) is 1. The lowest BCUT2D eigenvalue weighted by molar-refractivity contribution is 0.579. The van der Waals surface area contributed by atoms with Crippen LogP contribution in [0.3, 0.4) is 0 Å². The van der Waals surface area contributed by atoms with Gasteiger partial charge >= 0.3 is 0 Å². The quantitative estimate of drug-likeness (QED) is 0.883. The minimum atomic E-state index is -3.69. The van der Waals surface area contributed by atoms with Gasteiger partial charge in [0.05, 0.1) is 0 Å². The third-order valence-electron chi connectivity index (χ3n) is 2.71. The van der Waals surface area contributed by atoms with E-state index in [1.54, 1.807) is 19.1 Å². The van der Waals surface area contributed by atoms with Crippen molar-refractivity contribution >= 4 is 21.6 Å². The highest BCUT2D eigenvalue weighted by atomic mass is 35.5. The Hall–Kier alpha value is -1.50. The molecule has 0 radical (unpaired) electrons. The third-order valence-corrected chi connectivity index (χ3v) is 4.32. The van der Waals surface area contributed by atoms with Crippen molar-refractivity contribution in [2.24, 2.45) is 0 Å². The second kappa shape index (κ2) is 5.87. The molecule has 0 unspecified atom stereocenters. The first-order chi connectivity index (χ1) is 9.38. The largest absolute Gasteiger partial charge is 0.243 e. The maximum absolute atomic E-state index is 13.4. The molecule has 2 rings (SSSR count). The van der Waals surface area contributed by atoms with Gasteiger partial charge in [0.1, 0.15) is 15.9 Å². The SMILES string of the molecule is Cc1ccc(CNS(=O)(=O)c2ccc(Cl)nc2)cc1F. The topological polar surface area (TPSA) is 59.1 Å².